The van der Waals surface area contributed by atoms with Gasteiger partial charge in [0.1, 0.15) is 5.41 Å². The van der Waals surface area contributed by atoms with Gasteiger partial charge in [0, 0.05) is 13.1 Å². The van der Waals surface area contributed by atoms with Crippen LogP contribution >= 0.6 is 0 Å². The van der Waals surface area contributed by atoms with E-state index in [2.05, 4.69) is 6.07 Å². The lowest BCUT2D eigenvalue weighted by Gasteiger charge is -2.35. The van der Waals surface area contributed by atoms with Crippen molar-refractivity contribution < 1.29 is 9.90 Å². The molecule has 0 aromatic rings. The molecule has 1 fully saturated rings. The molecular weight excluding hydrogens is 204 g/mol. The molecule has 0 bridgehead atoms. The Balaban J connectivity index is 2.73. The molecule has 1 rings (SSSR count). The molecule has 0 aliphatic carbocycles. The van der Waals surface area contributed by atoms with E-state index in [1.807, 2.05) is 13.8 Å². The molecule has 0 aromatic heterocycles. The van der Waals surface area contributed by atoms with E-state index in [9.17, 15) is 15.2 Å². The predicted molar refractivity (Wildman–Crippen MR) is 60.4 cm³/mol. The molecule has 16 heavy (non-hydrogen) atoms. The summed E-state index contributed by atoms with van der Waals surface area (Å²) in [6.07, 6.45) is 2.07. The third kappa shape index (κ3) is 2.35. The summed E-state index contributed by atoms with van der Waals surface area (Å²) in [5.74, 6) is -0.0631. The summed E-state index contributed by atoms with van der Waals surface area (Å²) in [5.41, 5.74) is -0.859. The number of piperidine rings is 1. The Morgan fingerprint density at radius 1 is 1.44 bits per heavy atom. The molecule has 0 unspecified atom stereocenters. The summed E-state index contributed by atoms with van der Waals surface area (Å²) >= 11 is 0. The van der Waals surface area contributed by atoms with Crippen LogP contribution < -0.4 is 0 Å². The fourth-order valence-electron chi connectivity index (χ4n) is 2.13. The van der Waals surface area contributed by atoms with Gasteiger partial charge in [-0.3, -0.25) is 4.79 Å². The van der Waals surface area contributed by atoms with Crippen molar-refractivity contribution in [3.8, 4) is 6.07 Å². The number of carbonyl (C=O) groups excluding carboxylic acids is 1. The van der Waals surface area contributed by atoms with Crippen molar-refractivity contribution in [2.24, 2.45) is 5.41 Å². The SMILES string of the molecule is CCC(C#N)(CC)C(=O)N1CCC(O)CC1. The van der Waals surface area contributed by atoms with Gasteiger partial charge in [-0.05, 0) is 25.7 Å². The molecule has 0 saturated carbocycles. The van der Waals surface area contributed by atoms with Gasteiger partial charge in [-0.25, -0.2) is 0 Å². The van der Waals surface area contributed by atoms with Gasteiger partial charge in [0.15, 0.2) is 0 Å². The van der Waals surface area contributed by atoms with Gasteiger partial charge in [-0.15, -0.1) is 0 Å². The lowest BCUT2D eigenvalue weighted by Crippen LogP contribution is -2.47. The van der Waals surface area contributed by atoms with Gasteiger partial charge < -0.3 is 10.0 Å². The molecule has 1 amide bonds. The quantitative estimate of drug-likeness (QED) is 0.785. The summed E-state index contributed by atoms with van der Waals surface area (Å²) in [6.45, 7) is 4.90. The van der Waals surface area contributed by atoms with Crippen LogP contribution in [0.4, 0.5) is 0 Å². The van der Waals surface area contributed by atoms with E-state index in [0.717, 1.165) is 0 Å². The van der Waals surface area contributed by atoms with Crippen LogP contribution in [-0.2, 0) is 4.79 Å². The van der Waals surface area contributed by atoms with E-state index >= 15 is 0 Å². The zero-order valence-corrected chi connectivity index (χ0v) is 10.1. The van der Waals surface area contributed by atoms with E-state index < -0.39 is 5.41 Å². The minimum Gasteiger partial charge on any atom is -0.393 e. The average molecular weight is 224 g/mol. The van der Waals surface area contributed by atoms with Gasteiger partial charge in [-0.2, -0.15) is 5.26 Å². The van der Waals surface area contributed by atoms with Gasteiger partial charge in [0.2, 0.25) is 5.91 Å². The lowest BCUT2D eigenvalue weighted by atomic mass is 9.82. The van der Waals surface area contributed by atoms with Crippen LogP contribution in [0, 0.1) is 16.7 Å². The minimum absolute atomic E-state index is 0.0631. The molecule has 0 atom stereocenters. The molecule has 4 nitrogen and oxygen atoms in total. The molecule has 1 aliphatic rings. The number of carbonyl (C=O) groups is 1. The third-order valence-corrected chi connectivity index (χ3v) is 3.58. The Bertz CT molecular complexity index is 284. The first-order valence-electron chi connectivity index (χ1n) is 5.98. The van der Waals surface area contributed by atoms with Crippen LogP contribution in [-0.4, -0.2) is 35.1 Å². The fraction of sp³-hybridized carbons (Fsp3) is 0.833. The maximum atomic E-state index is 12.2. The lowest BCUT2D eigenvalue weighted by molar-refractivity contribution is -0.141. The number of hydrogen-bond donors (Lipinski definition) is 1. The summed E-state index contributed by atoms with van der Waals surface area (Å²) < 4.78 is 0. The number of likely N-dealkylation sites (tertiary alicyclic amines) is 1. The van der Waals surface area contributed by atoms with Crippen LogP contribution in [0.15, 0.2) is 0 Å². The number of rotatable bonds is 3. The number of nitriles is 1. The summed E-state index contributed by atoms with van der Waals surface area (Å²) in [4.78, 5) is 14.0. The largest absolute Gasteiger partial charge is 0.393 e. The van der Waals surface area contributed by atoms with Crippen molar-refractivity contribution in [2.75, 3.05) is 13.1 Å². The molecule has 90 valence electrons. The molecule has 1 heterocycles. The molecule has 4 heteroatoms. The van der Waals surface area contributed by atoms with Gasteiger partial charge in [-0.1, -0.05) is 13.8 Å². The second kappa shape index (κ2) is 5.31. The van der Waals surface area contributed by atoms with Gasteiger partial charge in [0.05, 0.1) is 12.2 Å². The van der Waals surface area contributed by atoms with Crippen LogP contribution in [0.2, 0.25) is 0 Å². The van der Waals surface area contributed by atoms with E-state index in [4.69, 9.17) is 0 Å². The summed E-state index contributed by atoms with van der Waals surface area (Å²) in [7, 11) is 0. The maximum absolute atomic E-state index is 12.2. The Morgan fingerprint density at radius 2 is 1.94 bits per heavy atom. The zero-order chi connectivity index (χ0) is 12.2. The molecule has 0 radical (unpaired) electrons. The molecular formula is C12H20N2O2. The van der Waals surface area contributed by atoms with Crippen molar-refractivity contribution in [1.29, 1.82) is 5.26 Å². The van der Waals surface area contributed by atoms with Crippen molar-refractivity contribution in [3.05, 3.63) is 0 Å². The monoisotopic (exact) mass is 224 g/mol. The Morgan fingerprint density at radius 3 is 2.31 bits per heavy atom. The van der Waals surface area contributed by atoms with E-state index in [0.29, 0.717) is 38.8 Å². The van der Waals surface area contributed by atoms with Gasteiger partial charge >= 0.3 is 0 Å². The number of aliphatic hydroxyl groups excluding tert-OH is 1. The standard InChI is InChI=1S/C12H20N2O2/c1-3-12(4-2,9-13)11(16)14-7-5-10(15)6-8-14/h10,15H,3-8H2,1-2H3. The van der Waals surface area contributed by atoms with Crippen molar-refractivity contribution in [2.45, 2.75) is 45.6 Å². The minimum atomic E-state index is -0.859. The van der Waals surface area contributed by atoms with Crippen molar-refractivity contribution in [1.82, 2.24) is 4.90 Å². The zero-order valence-electron chi connectivity index (χ0n) is 10.1. The van der Waals surface area contributed by atoms with E-state index in [1.165, 1.54) is 0 Å². The fourth-order valence-corrected chi connectivity index (χ4v) is 2.13. The van der Waals surface area contributed by atoms with E-state index in [1.54, 1.807) is 4.90 Å². The first-order valence-corrected chi connectivity index (χ1v) is 5.98. The Hall–Kier alpha value is -1.08. The van der Waals surface area contributed by atoms with E-state index in [-0.39, 0.29) is 12.0 Å². The second-order valence-corrected chi connectivity index (χ2v) is 4.42. The van der Waals surface area contributed by atoms with Crippen LogP contribution in [0.25, 0.3) is 0 Å². The van der Waals surface area contributed by atoms with Crippen molar-refractivity contribution >= 4 is 5.91 Å². The van der Waals surface area contributed by atoms with Crippen molar-refractivity contribution in [3.63, 3.8) is 0 Å². The number of hydrogen-bond acceptors (Lipinski definition) is 3. The first kappa shape index (κ1) is 13.0. The van der Waals surface area contributed by atoms with Gasteiger partial charge in [0.25, 0.3) is 0 Å². The first-order chi connectivity index (χ1) is 7.59. The summed E-state index contributed by atoms with van der Waals surface area (Å²) in [5, 5.41) is 18.6. The molecule has 1 aliphatic heterocycles. The maximum Gasteiger partial charge on any atom is 0.243 e. The Labute approximate surface area is 96.9 Å². The van der Waals surface area contributed by atoms with Crippen LogP contribution in [0.3, 0.4) is 0 Å². The number of aliphatic hydroxyl groups is 1. The topological polar surface area (TPSA) is 64.3 Å². The number of nitrogens with zero attached hydrogens (tertiary/aromatic N) is 2. The molecule has 1 N–H and O–H groups in total. The highest BCUT2D eigenvalue weighted by Gasteiger charge is 2.39. The normalized spacial score (nSPS) is 18.2. The van der Waals surface area contributed by atoms with Crippen LogP contribution in [0.5, 0.6) is 0 Å². The van der Waals surface area contributed by atoms with Crippen LogP contribution in [0.1, 0.15) is 39.5 Å². The molecule has 1 saturated heterocycles. The number of amides is 1. The highest BCUT2D eigenvalue weighted by atomic mass is 16.3. The average Bonchev–Trinajstić information content (AvgIpc) is 2.33. The molecule has 0 aromatic carbocycles. The highest BCUT2D eigenvalue weighted by molar-refractivity contribution is 5.85. The highest BCUT2D eigenvalue weighted by Crippen LogP contribution is 2.29. The second-order valence-electron chi connectivity index (χ2n) is 4.42. The summed E-state index contributed by atoms with van der Waals surface area (Å²) in [6, 6.07) is 2.17. The predicted octanol–water partition coefficient (Wildman–Crippen LogP) is 1.30. The smallest absolute Gasteiger partial charge is 0.243 e. The Kier molecular flexibility index (Phi) is 4.31. The molecule has 0 spiro atoms. The third-order valence-electron chi connectivity index (χ3n) is 3.58.